The van der Waals surface area contributed by atoms with E-state index < -0.39 is 6.23 Å². The number of rotatable bonds is 6. The Bertz CT molecular complexity index is 1590. The number of nitrogens with one attached hydrogen (secondary N) is 1. The van der Waals surface area contributed by atoms with Gasteiger partial charge in [-0.25, -0.2) is 19.3 Å². The fraction of sp³-hybridized carbons (Fsp3) is 0.267. The minimum atomic E-state index is -0.973. The van der Waals surface area contributed by atoms with Gasteiger partial charge >= 0.3 is 0 Å². The van der Waals surface area contributed by atoms with E-state index in [2.05, 4.69) is 42.1 Å². The van der Waals surface area contributed by atoms with Crippen LogP contribution in [0.15, 0.2) is 61.3 Å². The Balaban J connectivity index is 1.26. The monoisotopic (exact) mass is 572 g/mol. The fourth-order valence-corrected chi connectivity index (χ4v) is 5.52. The molecule has 11 heteroatoms. The van der Waals surface area contributed by atoms with Crippen LogP contribution in [-0.2, 0) is 0 Å². The van der Waals surface area contributed by atoms with E-state index in [1.165, 1.54) is 12.4 Å². The SMILES string of the molecule is CCN1c2nc(Nc3ccc(N4CCN(C)CC4)c(F)c3)ncc2C=C(c2ccc(-c3cncnc3)cc2Cl)C1O. The molecule has 1 unspecified atom stereocenters. The summed E-state index contributed by atoms with van der Waals surface area (Å²) >= 11 is 6.70. The minimum absolute atomic E-state index is 0.293. The Morgan fingerprint density at radius 1 is 1.02 bits per heavy atom. The van der Waals surface area contributed by atoms with Gasteiger partial charge in [0.15, 0.2) is 6.23 Å². The Morgan fingerprint density at radius 2 is 1.80 bits per heavy atom. The first kappa shape index (κ1) is 27.1. The predicted octanol–water partition coefficient (Wildman–Crippen LogP) is 4.92. The molecule has 1 fully saturated rings. The molecule has 0 spiro atoms. The van der Waals surface area contributed by atoms with Crippen LogP contribution in [0.2, 0.25) is 5.02 Å². The third kappa shape index (κ3) is 5.46. The van der Waals surface area contributed by atoms with E-state index in [9.17, 15) is 5.11 Å². The molecule has 0 aliphatic carbocycles. The van der Waals surface area contributed by atoms with Crippen LogP contribution in [0, 0.1) is 5.82 Å². The van der Waals surface area contributed by atoms with Gasteiger partial charge in [-0.15, -0.1) is 0 Å². The molecule has 2 aromatic heterocycles. The molecule has 210 valence electrons. The molecule has 4 heterocycles. The molecule has 2 aromatic carbocycles. The van der Waals surface area contributed by atoms with E-state index in [-0.39, 0.29) is 5.82 Å². The summed E-state index contributed by atoms with van der Waals surface area (Å²) in [5.74, 6) is 0.591. The number of piperazine rings is 1. The first-order valence-electron chi connectivity index (χ1n) is 13.5. The molecule has 2 N–H and O–H groups in total. The normalized spacial score (nSPS) is 17.3. The number of aliphatic hydroxyl groups is 1. The van der Waals surface area contributed by atoms with Crippen molar-refractivity contribution in [2.24, 2.45) is 0 Å². The molecular weight excluding hydrogens is 543 g/mol. The van der Waals surface area contributed by atoms with Crippen molar-refractivity contribution in [1.29, 1.82) is 0 Å². The quantitative estimate of drug-likeness (QED) is 0.334. The van der Waals surface area contributed by atoms with Crippen LogP contribution < -0.4 is 15.1 Å². The van der Waals surface area contributed by atoms with Crippen molar-refractivity contribution < 1.29 is 9.50 Å². The molecular formula is C30H30ClFN8O. The summed E-state index contributed by atoms with van der Waals surface area (Å²) in [5.41, 5.74) is 4.97. The van der Waals surface area contributed by atoms with Gasteiger partial charge in [0, 0.05) is 84.3 Å². The summed E-state index contributed by atoms with van der Waals surface area (Å²) in [6, 6.07) is 10.7. The third-order valence-corrected chi connectivity index (χ3v) is 7.83. The van der Waals surface area contributed by atoms with Gasteiger partial charge in [-0.1, -0.05) is 23.7 Å². The molecule has 0 amide bonds. The lowest BCUT2D eigenvalue weighted by Crippen LogP contribution is -2.44. The van der Waals surface area contributed by atoms with Gasteiger partial charge in [0.1, 0.15) is 18.0 Å². The molecule has 0 radical (unpaired) electrons. The lowest BCUT2D eigenvalue weighted by Gasteiger charge is -2.34. The van der Waals surface area contributed by atoms with Crippen LogP contribution in [0.4, 0.5) is 27.5 Å². The Kier molecular flexibility index (Phi) is 7.53. The maximum absolute atomic E-state index is 15.0. The van der Waals surface area contributed by atoms with Crippen molar-refractivity contribution in [3.8, 4) is 11.1 Å². The summed E-state index contributed by atoms with van der Waals surface area (Å²) < 4.78 is 15.0. The van der Waals surface area contributed by atoms with Gasteiger partial charge < -0.3 is 25.1 Å². The van der Waals surface area contributed by atoms with Crippen LogP contribution in [0.5, 0.6) is 0 Å². The van der Waals surface area contributed by atoms with Gasteiger partial charge in [-0.3, -0.25) is 0 Å². The number of aliphatic hydroxyl groups excluding tert-OH is 1. The van der Waals surface area contributed by atoms with Crippen LogP contribution >= 0.6 is 11.6 Å². The van der Waals surface area contributed by atoms with Crippen LogP contribution in [0.25, 0.3) is 22.8 Å². The van der Waals surface area contributed by atoms with E-state index in [1.54, 1.807) is 29.6 Å². The molecule has 9 nitrogen and oxygen atoms in total. The minimum Gasteiger partial charge on any atom is -0.369 e. The van der Waals surface area contributed by atoms with Crippen molar-refractivity contribution in [2.75, 3.05) is 54.9 Å². The van der Waals surface area contributed by atoms with Gasteiger partial charge in [-0.2, -0.15) is 4.98 Å². The Morgan fingerprint density at radius 3 is 2.51 bits per heavy atom. The van der Waals surface area contributed by atoms with Crippen molar-refractivity contribution in [2.45, 2.75) is 13.2 Å². The van der Waals surface area contributed by atoms with Gasteiger partial charge in [0.05, 0.1) is 5.69 Å². The zero-order valence-corrected chi connectivity index (χ0v) is 23.6. The first-order valence-corrected chi connectivity index (χ1v) is 13.9. The lowest BCUT2D eigenvalue weighted by atomic mass is 9.96. The lowest BCUT2D eigenvalue weighted by molar-refractivity contribution is 0.225. The largest absolute Gasteiger partial charge is 0.369 e. The van der Waals surface area contributed by atoms with E-state index in [0.717, 1.165) is 42.9 Å². The number of halogens is 2. The highest BCUT2D eigenvalue weighted by Gasteiger charge is 2.30. The van der Waals surface area contributed by atoms with Crippen LogP contribution in [-0.4, -0.2) is 75.9 Å². The number of likely N-dealkylation sites (N-methyl/N-ethyl adjacent to an activating group) is 2. The topological polar surface area (TPSA) is 93.5 Å². The smallest absolute Gasteiger partial charge is 0.229 e. The van der Waals surface area contributed by atoms with Crippen molar-refractivity contribution in [1.82, 2.24) is 24.8 Å². The summed E-state index contributed by atoms with van der Waals surface area (Å²) in [5, 5.41) is 15.0. The molecule has 6 rings (SSSR count). The molecule has 4 aromatic rings. The summed E-state index contributed by atoms with van der Waals surface area (Å²) in [6.07, 6.45) is 7.50. The second kappa shape index (κ2) is 11.4. The third-order valence-electron chi connectivity index (χ3n) is 7.51. The average Bonchev–Trinajstić information content (AvgIpc) is 2.98. The maximum Gasteiger partial charge on any atom is 0.229 e. The summed E-state index contributed by atoms with van der Waals surface area (Å²) in [4.78, 5) is 23.4. The molecule has 2 aliphatic heterocycles. The second-order valence-electron chi connectivity index (χ2n) is 10.1. The highest BCUT2D eigenvalue weighted by Crippen LogP contribution is 2.39. The van der Waals surface area contributed by atoms with Crippen LogP contribution in [0.1, 0.15) is 18.1 Å². The highest BCUT2D eigenvalue weighted by molar-refractivity contribution is 6.33. The van der Waals surface area contributed by atoms with Crippen LogP contribution in [0.3, 0.4) is 0 Å². The predicted molar refractivity (Wildman–Crippen MR) is 161 cm³/mol. The number of nitrogens with zero attached hydrogens (tertiary/aromatic N) is 7. The summed E-state index contributed by atoms with van der Waals surface area (Å²) in [6.45, 7) is 5.81. The highest BCUT2D eigenvalue weighted by atomic mass is 35.5. The van der Waals surface area contributed by atoms with E-state index in [0.29, 0.717) is 45.8 Å². The second-order valence-corrected chi connectivity index (χ2v) is 10.5. The van der Waals surface area contributed by atoms with Crippen molar-refractivity contribution in [3.05, 3.63) is 83.3 Å². The molecule has 1 saturated heterocycles. The average molecular weight is 573 g/mol. The number of anilines is 4. The number of fused-ring (bicyclic) bond motifs is 1. The molecule has 1 atom stereocenters. The van der Waals surface area contributed by atoms with E-state index in [4.69, 9.17) is 11.6 Å². The Hall–Kier alpha value is -4.12. The zero-order chi connectivity index (χ0) is 28.5. The number of hydrogen-bond donors (Lipinski definition) is 2. The van der Waals surface area contributed by atoms with Crippen molar-refractivity contribution >= 4 is 46.4 Å². The number of aromatic nitrogens is 4. The fourth-order valence-electron chi connectivity index (χ4n) is 5.23. The van der Waals surface area contributed by atoms with Crippen molar-refractivity contribution in [3.63, 3.8) is 0 Å². The molecule has 0 bridgehead atoms. The van der Waals surface area contributed by atoms with E-state index >= 15 is 4.39 Å². The maximum atomic E-state index is 15.0. The first-order chi connectivity index (χ1) is 19.9. The number of hydrogen-bond acceptors (Lipinski definition) is 9. The Labute approximate surface area is 243 Å². The van der Waals surface area contributed by atoms with E-state index in [1.807, 2.05) is 37.3 Å². The number of benzene rings is 2. The standard InChI is InChI=1S/C30H30ClFN8O/c1-3-40-28-20(12-24(29(40)41)23-6-4-19(13-25(23)31)21-15-33-18-34-16-21)17-35-30(37-28)36-22-5-7-27(26(32)14-22)39-10-8-38(2)9-11-39/h4-7,12-18,29,41H,3,8-11H2,1-2H3,(H,35,36,37). The van der Waals surface area contributed by atoms with Gasteiger partial charge in [-0.05, 0) is 49.9 Å². The molecule has 41 heavy (non-hydrogen) atoms. The summed E-state index contributed by atoms with van der Waals surface area (Å²) in [7, 11) is 2.07. The molecule has 2 aliphatic rings. The van der Waals surface area contributed by atoms with Gasteiger partial charge in [0.25, 0.3) is 0 Å². The van der Waals surface area contributed by atoms with Gasteiger partial charge in [0.2, 0.25) is 5.95 Å². The zero-order valence-electron chi connectivity index (χ0n) is 22.8. The molecule has 0 saturated carbocycles.